The first-order valence-corrected chi connectivity index (χ1v) is 25.6. The molecule has 406 valence electrons. The molecule has 0 saturated carbocycles. The first-order chi connectivity index (χ1) is 35.7. The highest BCUT2D eigenvalue weighted by Gasteiger charge is 2.55. The molecule has 8 rings (SSSR count). The number of Topliss-reactive ketones (excluding diaryl/α,β-unsaturated/α-hetero) is 2. The van der Waals surface area contributed by atoms with E-state index in [2.05, 4.69) is 10.2 Å². The maximum absolute atomic E-state index is 14.2. The number of hydrogen-bond donors (Lipinski definition) is 4. The summed E-state index contributed by atoms with van der Waals surface area (Å²) < 4.78 is 58.1. The van der Waals surface area contributed by atoms with Gasteiger partial charge in [-0.2, -0.15) is 0 Å². The lowest BCUT2D eigenvalue weighted by Gasteiger charge is -2.43. The van der Waals surface area contributed by atoms with Crippen molar-refractivity contribution in [3.63, 3.8) is 0 Å². The van der Waals surface area contributed by atoms with Crippen LogP contribution < -0.4 is 10.1 Å². The fourth-order valence-electron chi connectivity index (χ4n) is 10.9. The quantitative estimate of drug-likeness (QED) is 0.0737. The molecule has 74 heavy (non-hydrogen) atoms. The van der Waals surface area contributed by atoms with Gasteiger partial charge in [-0.05, 0) is 25.8 Å². The second-order valence-corrected chi connectivity index (χ2v) is 19.3. The molecule has 0 unspecified atom stereocenters. The number of benzene rings is 2. The number of ether oxygens (including phenoxy) is 10. The van der Waals surface area contributed by atoms with Crippen LogP contribution in [0.3, 0.4) is 0 Å². The van der Waals surface area contributed by atoms with Crippen molar-refractivity contribution in [2.45, 2.75) is 114 Å². The number of hydrogen-bond acceptors (Lipinski definition) is 20. The Hall–Kier alpha value is -4.98. The third kappa shape index (κ3) is 11.8. The van der Waals surface area contributed by atoms with Crippen LogP contribution in [0.25, 0.3) is 0 Å². The number of morpholine rings is 1. The molecule has 4 N–H and O–H groups in total. The standard InChI is InChI=1S/C52H69N3O19/c1-5-35(57)30-9-13-54(14-10-30)38(58)12-17-68-20-22-70-24-23-69-21-19-67-16-11-31(56)28-53-51(63)52(64)26-33-41(47(62)43-42(45(33)60)44(59)32-7-6-8-36(65-3)40(32)46(43)61)37(27-52)73-39-25-34-48(29(2)72-39)74-49-50(66-4)71-18-15-55(34)49/h6-8,29-30,34,37,39,48-50,60,62,64H,5,9-28H2,1-4H3,(H,53,63)/t29-,34-,37-,39-,48+,49+,50-,52-/m0/s1. The van der Waals surface area contributed by atoms with Gasteiger partial charge in [-0.15, -0.1) is 0 Å². The molecule has 22 nitrogen and oxygen atoms in total. The summed E-state index contributed by atoms with van der Waals surface area (Å²) in [7, 11) is 2.86. The van der Waals surface area contributed by atoms with E-state index in [0.717, 1.165) is 0 Å². The van der Waals surface area contributed by atoms with Crippen LogP contribution >= 0.6 is 0 Å². The molecule has 8 atom stereocenters. The maximum Gasteiger partial charge on any atom is 0.252 e. The number of nitrogens with zero attached hydrogens (tertiary/aromatic N) is 2. The van der Waals surface area contributed by atoms with Gasteiger partial charge in [0.1, 0.15) is 34.7 Å². The number of phenolic OH excluding ortho intramolecular Hbond substituents is 2. The van der Waals surface area contributed by atoms with E-state index in [0.29, 0.717) is 71.9 Å². The number of nitrogens with one attached hydrogen (secondary N) is 1. The highest BCUT2D eigenvalue weighted by Crippen LogP contribution is 2.53. The minimum atomic E-state index is -2.36. The van der Waals surface area contributed by atoms with Crippen molar-refractivity contribution in [2.24, 2.45) is 5.92 Å². The van der Waals surface area contributed by atoms with Gasteiger partial charge in [0, 0.05) is 87.5 Å². The maximum atomic E-state index is 14.2. The lowest BCUT2D eigenvalue weighted by atomic mass is 9.72. The molecule has 0 aromatic heterocycles. The Bertz CT molecular complexity index is 2390. The zero-order valence-corrected chi connectivity index (χ0v) is 42.5. The van der Waals surface area contributed by atoms with Crippen LogP contribution in [0.2, 0.25) is 0 Å². The van der Waals surface area contributed by atoms with Crippen LogP contribution in [0, 0.1) is 5.92 Å². The number of carbonyl (C=O) groups is 6. The number of piperidine rings is 1. The van der Waals surface area contributed by atoms with Gasteiger partial charge in [0.05, 0.1) is 108 Å². The fourth-order valence-corrected chi connectivity index (χ4v) is 10.9. The third-order valence-electron chi connectivity index (χ3n) is 14.8. The fraction of sp³-hybridized carbons (Fsp3) is 0.654. The van der Waals surface area contributed by atoms with Crippen molar-refractivity contribution in [2.75, 3.05) is 99.9 Å². The molecule has 22 heteroatoms. The van der Waals surface area contributed by atoms with E-state index in [-0.39, 0.29) is 103 Å². The molecule has 4 aliphatic heterocycles. The van der Waals surface area contributed by atoms with E-state index in [1.54, 1.807) is 4.90 Å². The summed E-state index contributed by atoms with van der Waals surface area (Å²) in [6.45, 7) is 7.35. The molecular formula is C52H69N3O19. The van der Waals surface area contributed by atoms with E-state index < -0.39 is 102 Å². The first kappa shape index (κ1) is 55.3. The second-order valence-electron chi connectivity index (χ2n) is 19.3. The van der Waals surface area contributed by atoms with E-state index in [4.69, 9.17) is 47.4 Å². The van der Waals surface area contributed by atoms with E-state index in [9.17, 15) is 44.1 Å². The third-order valence-corrected chi connectivity index (χ3v) is 14.8. The molecule has 2 aromatic carbocycles. The smallest absolute Gasteiger partial charge is 0.252 e. The van der Waals surface area contributed by atoms with Crippen molar-refractivity contribution in [1.82, 2.24) is 15.1 Å². The average Bonchev–Trinajstić information content (AvgIpc) is 3.79. The number of aliphatic hydroxyl groups is 1. The number of methoxy groups -OCH3 is 2. The zero-order valence-electron chi connectivity index (χ0n) is 42.5. The molecule has 2 aliphatic carbocycles. The molecule has 2 aromatic rings. The minimum Gasteiger partial charge on any atom is -0.507 e. The normalized spacial score (nSPS) is 26.7. The summed E-state index contributed by atoms with van der Waals surface area (Å²) in [6.07, 6.45) is -3.19. The molecule has 0 bridgehead atoms. The Labute approximate surface area is 429 Å². The van der Waals surface area contributed by atoms with Gasteiger partial charge in [-0.1, -0.05) is 19.1 Å². The van der Waals surface area contributed by atoms with Gasteiger partial charge in [0.15, 0.2) is 30.4 Å². The molecular weight excluding hydrogens is 971 g/mol. The lowest BCUT2D eigenvalue weighted by Crippen LogP contribution is -2.55. The summed E-state index contributed by atoms with van der Waals surface area (Å²) in [5.41, 5.74) is -3.79. The van der Waals surface area contributed by atoms with Crippen molar-refractivity contribution >= 4 is 34.9 Å². The van der Waals surface area contributed by atoms with Crippen LogP contribution in [0.5, 0.6) is 17.2 Å². The summed E-state index contributed by atoms with van der Waals surface area (Å²) >= 11 is 0. The first-order valence-electron chi connectivity index (χ1n) is 25.6. The van der Waals surface area contributed by atoms with Gasteiger partial charge < -0.3 is 72.9 Å². The van der Waals surface area contributed by atoms with Gasteiger partial charge in [-0.3, -0.25) is 33.7 Å². The number of fused-ring (bicyclic) bond motifs is 6. The number of aromatic hydroxyl groups is 2. The molecule has 4 fully saturated rings. The Morgan fingerprint density at radius 1 is 0.838 bits per heavy atom. The molecule has 0 radical (unpaired) electrons. The van der Waals surface area contributed by atoms with Gasteiger partial charge >= 0.3 is 0 Å². The zero-order chi connectivity index (χ0) is 52.7. The molecule has 4 heterocycles. The Morgan fingerprint density at radius 2 is 1.50 bits per heavy atom. The molecule has 0 spiro atoms. The number of rotatable bonds is 24. The highest BCUT2D eigenvalue weighted by molar-refractivity contribution is 6.31. The number of amides is 2. The summed E-state index contributed by atoms with van der Waals surface area (Å²) in [5.74, 6) is -3.89. The second kappa shape index (κ2) is 24.8. The number of ketones is 4. The van der Waals surface area contributed by atoms with Crippen LogP contribution in [0.15, 0.2) is 18.2 Å². The summed E-state index contributed by atoms with van der Waals surface area (Å²) in [4.78, 5) is 83.6. The Morgan fingerprint density at radius 3 is 2.16 bits per heavy atom. The Kier molecular flexibility index (Phi) is 18.5. The van der Waals surface area contributed by atoms with Crippen molar-refractivity contribution in [3.8, 4) is 17.2 Å². The SMILES string of the molecule is CCC(=O)C1CCN(C(=O)CCOCCOCCOCCOCCC(=O)CNC(=O)[C@]2(O)Cc3c(O)c4c(c(O)c3[C@@H](O[C@H]3C[C@H]5[C@H](O[C@@H]6[C@@H](OC)OCCN65)[C@H](C)O3)C2)C(=O)c2c(OC)cccc2C4=O)CC1. The number of likely N-dealkylation sites (tertiary alicyclic amines) is 1. The van der Waals surface area contributed by atoms with Crippen LogP contribution in [-0.4, -0.2) is 203 Å². The minimum absolute atomic E-state index is 0.0245. The lowest BCUT2D eigenvalue weighted by molar-refractivity contribution is -0.256. The van der Waals surface area contributed by atoms with E-state index in [1.807, 2.05) is 13.8 Å². The predicted octanol–water partition coefficient (Wildman–Crippen LogP) is 1.90. The van der Waals surface area contributed by atoms with E-state index in [1.165, 1.54) is 32.4 Å². The van der Waals surface area contributed by atoms with Gasteiger partial charge in [0.25, 0.3) is 5.91 Å². The van der Waals surface area contributed by atoms with Crippen LogP contribution in [0.1, 0.15) is 108 Å². The topological polar surface area (TPSA) is 274 Å². The van der Waals surface area contributed by atoms with Crippen LogP contribution in [-0.2, 0) is 68.2 Å². The van der Waals surface area contributed by atoms with Crippen molar-refractivity contribution < 1.29 is 91.5 Å². The Balaban J connectivity index is 0.812. The summed E-state index contributed by atoms with van der Waals surface area (Å²) in [6, 6.07) is 4.17. The largest absolute Gasteiger partial charge is 0.507 e. The number of phenols is 2. The van der Waals surface area contributed by atoms with Crippen molar-refractivity contribution in [3.05, 3.63) is 51.6 Å². The molecule has 2 amide bonds. The van der Waals surface area contributed by atoms with Crippen LogP contribution in [0.4, 0.5) is 0 Å². The van der Waals surface area contributed by atoms with Gasteiger partial charge in [-0.25, -0.2) is 0 Å². The van der Waals surface area contributed by atoms with E-state index >= 15 is 0 Å². The van der Waals surface area contributed by atoms with Crippen molar-refractivity contribution in [1.29, 1.82) is 0 Å². The number of carbonyl (C=O) groups excluding carboxylic acids is 6. The average molecular weight is 1040 g/mol. The highest BCUT2D eigenvalue weighted by atomic mass is 16.7. The van der Waals surface area contributed by atoms with Gasteiger partial charge in [0.2, 0.25) is 11.7 Å². The predicted molar refractivity (Wildman–Crippen MR) is 257 cm³/mol. The molecule has 4 saturated heterocycles. The molecule has 6 aliphatic rings. The monoisotopic (exact) mass is 1040 g/mol. The summed E-state index contributed by atoms with van der Waals surface area (Å²) in [5, 5.41) is 38.8.